The summed E-state index contributed by atoms with van der Waals surface area (Å²) in [5.41, 5.74) is 1.56. The topological polar surface area (TPSA) is 59.2 Å². The van der Waals surface area contributed by atoms with Crippen LogP contribution in [0.3, 0.4) is 0 Å². The molecule has 0 bridgehead atoms. The molecule has 4 nitrogen and oxygen atoms in total. The molecule has 0 fully saturated rings. The third kappa shape index (κ3) is 2.44. The highest BCUT2D eigenvalue weighted by atomic mass is 35.5. The first-order chi connectivity index (χ1) is 9.22. The highest BCUT2D eigenvalue weighted by Gasteiger charge is 2.10. The molecule has 1 heterocycles. The summed E-state index contributed by atoms with van der Waals surface area (Å²) in [6, 6.07) is 13.7. The van der Waals surface area contributed by atoms with Crippen LogP contribution in [0.15, 0.2) is 52.9 Å². The van der Waals surface area contributed by atoms with E-state index in [1.807, 2.05) is 12.1 Å². The molecule has 5 heteroatoms. The summed E-state index contributed by atoms with van der Waals surface area (Å²) < 4.78 is 5.59. The van der Waals surface area contributed by atoms with Crippen LogP contribution < -0.4 is 0 Å². The quantitative estimate of drug-likeness (QED) is 0.771. The Morgan fingerprint density at radius 2 is 1.26 bits per heavy atom. The largest absolute Gasteiger partial charge is 0.508 e. The second kappa shape index (κ2) is 4.74. The van der Waals surface area contributed by atoms with Crippen molar-refractivity contribution in [3.8, 4) is 28.7 Å². The SMILES string of the molecule is Oc1ccc(-c2nnc(-c3ccc(Cl)cc3)o2)cc1. The summed E-state index contributed by atoms with van der Waals surface area (Å²) in [6.45, 7) is 0. The lowest BCUT2D eigenvalue weighted by molar-refractivity contribution is 0.475. The van der Waals surface area contributed by atoms with E-state index in [4.69, 9.17) is 16.0 Å². The Labute approximate surface area is 114 Å². The zero-order valence-corrected chi connectivity index (χ0v) is 10.5. The number of halogens is 1. The molecule has 0 aliphatic carbocycles. The molecule has 0 saturated heterocycles. The van der Waals surface area contributed by atoms with Crippen molar-refractivity contribution in [3.63, 3.8) is 0 Å². The second-order valence-corrected chi connectivity index (χ2v) is 4.40. The Morgan fingerprint density at radius 3 is 1.79 bits per heavy atom. The molecule has 3 rings (SSSR count). The van der Waals surface area contributed by atoms with Crippen LogP contribution in [0.25, 0.3) is 22.9 Å². The van der Waals surface area contributed by atoms with Crippen molar-refractivity contribution < 1.29 is 9.52 Å². The Kier molecular flexibility index (Phi) is 2.93. The molecule has 1 N–H and O–H groups in total. The summed E-state index contributed by atoms with van der Waals surface area (Å²) in [7, 11) is 0. The molecular formula is C14H9ClN2O2. The number of nitrogens with zero attached hydrogens (tertiary/aromatic N) is 2. The number of rotatable bonds is 2. The van der Waals surface area contributed by atoms with Crippen molar-refractivity contribution in [2.45, 2.75) is 0 Å². The molecular weight excluding hydrogens is 264 g/mol. The van der Waals surface area contributed by atoms with E-state index in [2.05, 4.69) is 10.2 Å². The minimum atomic E-state index is 0.196. The lowest BCUT2D eigenvalue weighted by Gasteiger charge is -1.96. The lowest BCUT2D eigenvalue weighted by Crippen LogP contribution is -1.77. The van der Waals surface area contributed by atoms with E-state index in [1.54, 1.807) is 36.4 Å². The minimum absolute atomic E-state index is 0.196. The monoisotopic (exact) mass is 272 g/mol. The molecule has 3 aromatic rings. The van der Waals surface area contributed by atoms with E-state index in [1.165, 1.54) is 0 Å². The van der Waals surface area contributed by atoms with E-state index in [0.717, 1.165) is 11.1 Å². The number of benzene rings is 2. The van der Waals surface area contributed by atoms with Crippen molar-refractivity contribution >= 4 is 11.6 Å². The zero-order valence-electron chi connectivity index (χ0n) is 9.75. The molecule has 0 amide bonds. The van der Waals surface area contributed by atoms with Crippen molar-refractivity contribution in [3.05, 3.63) is 53.6 Å². The van der Waals surface area contributed by atoms with Gasteiger partial charge in [-0.2, -0.15) is 0 Å². The molecule has 0 atom stereocenters. The molecule has 0 unspecified atom stereocenters. The van der Waals surface area contributed by atoms with Gasteiger partial charge in [-0.1, -0.05) is 11.6 Å². The van der Waals surface area contributed by atoms with E-state index in [9.17, 15) is 5.11 Å². The Bertz CT molecular complexity index is 630. The van der Waals surface area contributed by atoms with Gasteiger partial charge in [-0.25, -0.2) is 0 Å². The molecule has 0 aliphatic heterocycles. The van der Waals surface area contributed by atoms with Gasteiger partial charge in [0.2, 0.25) is 11.8 Å². The molecule has 0 spiro atoms. The summed E-state index contributed by atoms with van der Waals surface area (Å²) in [5.74, 6) is 1.03. The van der Waals surface area contributed by atoms with Gasteiger partial charge in [0.15, 0.2) is 0 Å². The summed E-state index contributed by atoms with van der Waals surface area (Å²) >= 11 is 5.82. The van der Waals surface area contributed by atoms with Crippen LogP contribution in [0, 0.1) is 0 Å². The lowest BCUT2D eigenvalue weighted by atomic mass is 10.2. The van der Waals surface area contributed by atoms with Gasteiger partial charge in [-0.3, -0.25) is 0 Å². The van der Waals surface area contributed by atoms with Crippen LogP contribution >= 0.6 is 11.6 Å². The van der Waals surface area contributed by atoms with Crippen LogP contribution in [-0.2, 0) is 0 Å². The maximum Gasteiger partial charge on any atom is 0.248 e. The second-order valence-electron chi connectivity index (χ2n) is 3.97. The van der Waals surface area contributed by atoms with Crippen LogP contribution in [0.4, 0.5) is 0 Å². The number of hydrogen-bond acceptors (Lipinski definition) is 4. The van der Waals surface area contributed by atoms with Crippen LogP contribution in [0.1, 0.15) is 0 Å². The normalized spacial score (nSPS) is 10.6. The number of phenols is 1. The average molecular weight is 273 g/mol. The predicted octanol–water partition coefficient (Wildman–Crippen LogP) is 3.76. The van der Waals surface area contributed by atoms with Gasteiger partial charge in [0.25, 0.3) is 0 Å². The average Bonchev–Trinajstić information content (AvgIpc) is 2.90. The fourth-order valence-corrected chi connectivity index (χ4v) is 1.78. The zero-order chi connectivity index (χ0) is 13.2. The predicted molar refractivity (Wildman–Crippen MR) is 71.8 cm³/mol. The number of phenolic OH excluding ortho intramolecular Hbond substituents is 1. The van der Waals surface area contributed by atoms with Gasteiger partial charge in [0.05, 0.1) is 0 Å². The van der Waals surface area contributed by atoms with Crippen molar-refractivity contribution in [2.75, 3.05) is 0 Å². The van der Waals surface area contributed by atoms with Gasteiger partial charge in [0, 0.05) is 16.1 Å². The van der Waals surface area contributed by atoms with E-state index >= 15 is 0 Å². The first-order valence-electron chi connectivity index (χ1n) is 5.61. The number of aromatic hydroxyl groups is 1. The smallest absolute Gasteiger partial charge is 0.248 e. The van der Waals surface area contributed by atoms with Crippen molar-refractivity contribution in [1.29, 1.82) is 0 Å². The minimum Gasteiger partial charge on any atom is -0.508 e. The molecule has 0 saturated carbocycles. The highest BCUT2D eigenvalue weighted by Crippen LogP contribution is 2.25. The Morgan fingerprint density at radius 1 is 0.789 bits per heavy atom. The van der Waals surface area contributed by atoms with Gasteiger partial charge in [-0.15, -0.1) is 10.2 Å². The van der Waals surface area contributed by atoms with Crippen LogP contribution in [0.2, 0.25) is 5.02 Å². The molecule has 94 valence electrons. The molecule has 0 aliphatic rings. The fourth-order valence-electron chi connectivity index (χ4n) is 1.65. The first-order valence-corrected chi connectivity index (χ1v) is 5.99. The number of aromatic nitrogens is 2. The summed E-state index contributed by atoms with van der Waals surface area (Å²) in [5, 5.41) is 17.9. The molecule has 1 aromatic heterocycles. The maximum atomic E-state index is 9.23. The fraction of sp³-hybridized carbons (Fsp3) is 0. The molecule has 2 aromatic carbocycles. The summed E-state index contributed by atoms with van der Waals surface area (Å²) in [4.78, 5) is 0. The summed E-state index contributed by atoms with van der Waals surface area (Å²) in [6.07, 6.45) is 0. The van der Waals surface area contributed by atoms with E-state index < -0.39 is 0 Å². The van der Waals surface area contributed by atoms with Crippen molar-refractivity contribution in [1.82, 2.24) is 10.2 Å². The van der Waals surface area contributed by atoms with Gasteiger partial charge < -0.3 is 9.52 Å². The molecule has 19 heavy (non-hydrogen) atoms. The highest BCUT2D eigenvalue weighted by molar-refractivity contribution is 6.30. The first kappa shape index (κ1) is 11.7. The van der Waals surface area contributed by atoms with E-state index in [0.29, 0.717) is 16.8 Å². The Hall–Kier alpha value is -2.33. The van der Waals surface area contributed by atoms with Gasteiger partial charge in [-0.05, 0) is 48.5 Å². The maximum absolute atomic E-state index is 9.23. The van der Waals surface area contributed by atoms with Crippen LogP contribution in [0.5, 0.6) is 5.75 Å². The van der Waals surface area contributed by atoms with Crippen molar-refractivity contribution in [2.24, 2.45) is 0 Å². The van der Waals surface area contributed by atoms with Crippen LogP contribution in [-0.4, -0.2) is 15.3 Å². The third-order valence-corrected chi connectivity index (χ3v) is 2.88. The number of hydrogen-bond donors (Lipinski definition) is 1. The third-order valence-electron chi connectivity index (χ3n) is 2.63. The Balaban J connectivity index is 1.95. The van der Waals surface area contributed by atoms with Gasteiger partial charge in [0.1, 0.15) is 5.75 Å². The van der Waals surface area contributed by atoms with Gasteiger partial charge >= 0.3 is 0 Å². The van der Waals surface area contributed by atoms with E-state index in [-0.39, 0.29) is 5.75 Å². The standard InChI is InChI=1S/C14H9ClN2O2/c15-11-5-1-9(2-6-11)13-16-17-14(19-13)10-3-7-12(18)8-4-10/h1-8,18H. The molecule has 0 radical (unpaired) electrons.